The fourth-order valence-electron chi connectivity index (χ4n) is 2.67. The van der Waals surface area contributed by atoms with E-state index in [0.717, 1.165) is 10.0 Å². The number of carbonyl (C=O) groups excluding carboxylic acids is 2. The molecule has 0 atom stereocenters. The van der Waals surface area contributed by atoms with Crippen molar-refractivity contribution in [1.82, 2.24) is 0 Å². The minimum atomic E-state index is -0.303. The summed E-state index contributed by atoms with van der Waals surface area (Å²) in [7, 11) is 1.52. The first-order valence-electron chi connectivity index (χ1n) is 8.60. The molecule has 0 aliphatic carbocycles. The lowest BCUT2D eigenvalue weighted by atomic mass is 10.1. The van der Waals surface area contributed by atoms with Crippen molar-refractivity contribution in [3.63, 3.8) is 0 Å². The Labute approximate surface area is 171 Å². The second-order valence-corrected chi connectivity index (χ2v) is 7.06. The molecule has 0 bridgehead atoms. The van der Waals surface area contributed by atoms with Gasteiger partial charge in [-0.15, -0.1) is 0 Å². The molecular formula is C22H19BrN2O3. The fourth-order valence-corrected chi connectivity index (χ4v) is 3.04. The molecule has 5 nitrogen and oxygen atoms in total. The molecule has 142 valence electrons. The maximum atomic E-state index is 12.7. The molecule has 0 saturated carbocycles. The Balaban J connectivity index is 1.81. The number of anilines is 2. The largest absolute Gasteiger partial charge is 0.496 e. The molecule has 2 N–H and O–H groups in total. The van der Waals surface area contributed by atoms with E-state index in [-0.39, 0.29) is 11.8 Å². The van der Waals surface area contributed by atoms with E-state index in [0.29, 0.717) is 28.3 Å². The number of hydrogen-bond acceptors (Lipinski definition) is 3. The summed E-state index contributed by atoms with van der Waals surface area (Å²) in [5.74, 6) is -0.0337. The number of amides is 2. The third-order valence-corrected chi connectivity index (χ3v) is 4.68. The van der Waals surface area contributed by atoms with E-state index in [1.807, 2.05) is 31.2 Å². The molecule has 0 aliphatic rings. The molecule has 3 rings (SSSR count). The molecule has 0 spiro atoms. The SMILES string of the molecule is COc1ccc(Br)cc1C(=O)Nc1ccc(C)c(NC(=O)c2ccccc2)c1. The molecule has 3 aromatic rings. The number of aryl methyl sites for hydroxylation is 1. The topological polar surface area (TPSA) is 67.4 Å². The van der Waals surface area contributed by atoms with Gasteiger partial charge in [0.15, 0.2) is 0 Å². The number of carbonyl (C=O) groups is 2. The maximum absolute atomic E-state index is 12.7. The molecule has 0 fully saturated rings. The molecule has 0 saturated heterocycles. The van der Waals surface area contributed by atoms with Gasteiger partial charge in [0.2, 0.25) is 0 Å². The molecule has 28 heavy (non-hydrogen) atoms. The van der Waals surface area contributed by atoms with Crippen LogP contribution < -0.4 is 15.4 Å². The highest BCUT2D eigenvalue weighted by atomic mass is 79.9. The number of hydrogen-bond donors (Lipinski definition) is 2. The average Bonchev–Trinajstić information content (AvgIpc) is 2.71. The summed E-state index contributed by atoms with van der Waals surface area (Å²) in [6.07, 6.45) is 0. The van der Waals surface area contributed by atoms with Crippen LogP contribution in [0.5, 0.6) is 5.75 Å². The van der Waals surface area contributed by atoms with Crippen LogP contribution in [0.15, 0.2) is 71.2 Å². The summed E-state index contributed by atoms with van der Waals surface area (Å²) >= 11 is 3.37. The van der Waals surface area contributed by atoms with Crippen molar-refractivity contribution in [3.05, 3.63) is 87.9 Å². The number of benzene rings is 3. The van der Waals surface area contributed by atoms with Crippen molar-refractivity contribution in [2.75, 3.05) is 17.7 Å². The third-order valence-electron chi connectivity index (χ3n) is 4.19. The average molecular weight is 439 g/mol. The highest BCUT2D eigenvalue weighted by molar-refractivity contribution is 9.10. The minimum absolute atomic E-state index is 0.208. The minimum Gasteiger partial charge on any atom is -0.496 e. The number of ether oxygens (including phenoxy) is 1. The monoisotopic (exact) mass is 438 g/mol. The van der Waals surface area contributed by atoms with Crippen molar-refractivity contribution in [2.24, 2.45) is 0 Å². The molecule has 0 aliphatic heterocycles. The zero-order chi connectivity index (χ0) is 20.1. The van der Waals surface area contributed by atoms with Crippen LogP contribution in [0.25, 0.3) is 0 Å². The molecule has 3 aromatic carbocycles. The standard InChI is InChI=1S/C22H19BrN2O3/c1-14-8-10-17(13-19(14)25-21(26)15-6-4-3-5-7-15)24-22(27)18-12-16(23)9-11-20(18)28-2/h3-13H,1-2H3,(H,24,27)(H,25,26). The van der Waals surface area contributed by atoms with Crippen LogP contribution in [0.1, 0.15) is 26.3 Å². The van der Waals surface area contributed by atoms with Crippen molar-refractivity contribution >= 4 is 39.1 Å². The summed E-state index contributed by atoms with van der Waals surface area (Å²) in [5.41, 5.74) is 3.07. The Kier molecular flexibility index (Phi) is 6.11. The highest BCUT2D eigenvalue weighted by Crippen LogP contribution is 2.26. The first-order valence-corrected chi connectivity index (χ1v) is 9.39. The predicted octanol–water partition coefficient (Wildman–Crippen LogP) is 5.27. The smallest absolute Gasteiger partial charge is 0.259 e. The maximum Gasteiger partial charge on any atom is 0.259 e. The third kappa shape index (κ3) is 4.58. The Morgan fingerprint density at radius 2 is 1.64 bits per heavy atom. The van der Waals surface area contributed by atoms with Gasteiger partial charge in [-0.25, -0.2) is 0 Å². The first-order chi connectivity index (χ1) is 13.5. The van der Waals surface area contributed by atoms with Crippen LogP contribution in [0.3, 0.4) is 0 Å². The summed E-state index contributed by atoms with van der Waals surface area (Å²) in [4.78, 5) is 25.1. The lowest BCUT2D eigenvalue weighted by molar-refractivity contribution is 0.101. The van der Waals surface area contributed by atoms with Gasteiger partial charge in [-0.1, -0.05) is 40.2 Å². The van der Waals surface area contributed by atoms with E-state index in [9.17, 15) is 9.59 Å². The van der Waals surface area contributed by atoms with Gasteiger partial charge in [-0.2, -0.15) is 0 Å². The zero-order valence-electron chi connectivity index (χ0n) is 15.5. The summed E-state index contributed by atoms with van der Waals surface area (Å²) < 4.78 is 6.04. The van der Waals surface area contributed by atoms with E-state index in [2.05, 4.69) is 26.6 Å². The molecular weight excluding hydrogens is 420 g/mol. The van der Waals surface area contributed by atoms with Crippen molar-refractivity contribution in [1.29, 1.82) is 0 Å². The van der Waals surface area contributed by atoms with E-state index < -0.39 is 0 Å². The molecule has 0 unspecified atom stereocenters. The molecule has 0 aromatic heterocycles. The van der Waals surface area contributed by atoms with Gasteiger partial charge in [-0.05, 0) is 55.0 Å². The Bertz CT molecular complexity index is 1020. The normalized spacial score (nSPS) is 10.2. The van der Waals surface area contributed by atoms with Crippen LogP contribution in [-0.4, -0.2) is 18.9 Å². The van der Waals surface area contributed by atoms with Crippen LogP contribution in [0.2, 0.25) is 0 Å². The molecule has 2 amide bonds. The van der Waals surface area contributed by atoms with Crippen molar-refractivity contribution < 1.29 is 14.3 Å². The van der Waals surface area contributed by atoms with E-state index in [1.54, 1.807) is 42.5 Å². The highest BCUT2D eigenvalue weighted by Gasteiger charge is 2.14. The van der Waals surface area contributed by atoms with E-state index in [1.165, 1.54) is 7.11 Å². The molecule has 0 radical (unpaired) electrons. The Morgan fingerprint density at radius 1 is 0.893 bits per heavy atom. The van der Waals surface area contributed by atoms with Crippen LogP contribution in [-0.2, 0) is 0 Å². The number of nitrogens with one attached hydrogen (secondary N) is 2. The molecule has 0 heterocycles. The van der Waals surface area contributed by atoms with Gasteiger partial charge in [-0.3, -0.25) is 9.59 Å². The van der Waals surface area contributed by atoms with Gasteiger partial charge in [0.25, 0.3) is 11.8 Å². The second kappa shape index (κ2) is 8.71. The van der Waals surface area contributed by atoms with Crippen LogP contribution in [0.4, 0.5) is 11.4 Å². The van der Waals surface area contributed by atoms with Crippen molar-refractivity contribution in [3.8, 4) is 5.75 Å². The second-order valence-electron chi connectivity index (χ2n) is 6.15. The Morgan fingerprint density at radius 3 is 2.36 bits per heavy atom. The first kappa shape index (κ1) is 19.6. The van der Waals surface area contributed by atoms with E-state index in [4.69, 9.17) is 4.74 Å². The summed E-state index contributed by atoms with van der Waals surface area (Å²) in [6.45, 7) is 1.89. The lowest BCUT2D eigenvalue weighted by Gasteiger charge is -2.13. The lowest BCUT2D eigenvalue weighted by Crippen LogP contribution is -2.15. The van der Waals surface area contributed by atoms with E-state index >= 15 is 0 Å². The fraction of sp³-hybridized carbons (Fsp3) is 0.0909. The van der Waals surface area contributed by atoms with Crippen LogP contribution >= 0.6 is 15.9 Å². The number of methoxy groups -OCH3 is 1. The van der Waals surface area contributed by atoms with Gasteiger partial charge in [0.05, 0.1) is 12.7 Å². The van der Waals surface area contributed by atoms with Gasteiger partial charge < -0.3 is 15.4 Å². The number of rotatable bonds is 5. The van der Waals surface area contributed by atoms with Gasteiger partial charge >= 0.3 is 0 Å². The predicted molar refractivity (Wildman–Crippen MR) is 114 cm³/mol. The summed E-state index contributed by atoms with van der Waals surface area (Å²) in [5, 5.41) is 5.74. The summed E-state index contributed by atoms with van der Waals surface area (Å²) in [6, 6.07) is 19.6. The zero-order valence-corrected chi connectivity index (χ0v) is 17.0. The Hall–Kier alpha value is -3.12. The number of halogens is 1. The van der Waals surface area contributed by atoms with Gasteiger partial charge in [0, 0.05) is 21.4 Å². The molecule has 6 heteroatoms. The quantitative estimate of drug-likeness (QED) is 0.569. The van der Waals surface area contributed by atoms with Crippen molar-refractivity contribution in [2.45, 2.75) is 6.92 Å². The van der Waals surface area contributed by atoms with Crippen LogP contribution in [0, 0.1) is 6.92 Å². The van der Waals surface area contributed by atoms with Gasteiger partial charge in [0.1, 0.15) is 5.75 Å².